The van der Waals surface area contributed by atoms with Gasteiger partial charge in [0, 0.05) is 39.6 Å². The van der Waals surface area contributed by atoms with Crippen LogP contribution >= 0.6 is 11.3 Å². The molecule has 4 aromatic rings. The molecule has 4 rings (SSSR count). The van der Waals surface area contributed by atoms with Crippen molar-refractivity contribution < 1.29 is 0 Å². The molecule has 86 valence electrons. The van der Waals surface area contributed by atoms with Gasteiger partial charge >= 0.3 is 0 Å². The minimum Gasteiger partial charge on any atom is -0.339 e. The normalized spacial score (nSPS) is 11.3. The highest BCUT2D eigenvalue weighted by atomic mass is 32.1. The van der Waals surface area contributed by atoms with E-state index in [1.165, 1.54) is 5.39 Å². The van der Waals surface area contributed by atoms with Crippen molar-refractivity contribution in [3.05, 3.63) is 48.1 Å². The Bertz CT molecular complexity index is 831. The van der Waals surface area contributed by atoms with Crippen molar-refractivity contribution in [3.8, 4) is 10.6 Å². The molecule has 3 heterocycles. The summed E-state index contributed by atoms with van der Waals surface area (Å²) in [5, 5.41) is 5.41. The van der Waals surface area contributed by atoms with Gasteiger partial charge in [-0.15, -0.1) is 11.3 Å². The van der Waals surface area contributed by atoms with Crippen LogP contribution in [0, 0.1) is 0 Å². The number of nitrogens with one attached hydrogen (secondary N) is 1. The van der Waals surface area contributed by atoms with E-state index < -0.39 is 0 Å². The Balaban J connectivity index is 2.07. The molecule has 0 atom stereocenters. The number of pyridine rings is 1. The molecule has 0 fully saturated rings. The summed E-state index contributed by atoms with van der Waals surface area (Å²) >= 11 is 1.66. The van der Waals surface area contributed by atoms with Crippen LogP contribution in [0.4, 0.5) is 0 Å². The predicted molar refractivity (Wildman–Crippen MR) is 74.7 cm³/mol. The molecule has 0 aliphatic heterocycles. The van der Waals surface area contributed by atoms with Crippen LogP contribution in [0.15, 0.2) is 48.1 Å². The lowest BCUT2D eigenvalue weighted by molar-refractivity contribution is 1.35. The zero-order chi connectivity index (χ0) is 11.9. The molecule has 0 aliphatic carbocycles. The first-order valence-electron chi connectivity index (χ1n) is 5.68. The van der Waals surface area contributed by atoms with Crippen molar-refractivity contribution in [2.24, 2.45) is 0 Å². The van der Waals surface area contributed by atoms with Gasteiger partial charge in [-0.25, -0.2) is 9.97 Å². The van der Waals surface area contributed by atoms with Gasteiger partial charge in [0.05, 0.1) is 0 Å². The van der Waals surface area contributed by atoms with E-state index in [0.717, 1.165) is 27.1 Å². The maximum absolute atomic E-state index is 4.35. The Morgan fingerprint density at radius 2 is 2.00 bits per heavy atom. The highest BCUT2D eigenvalue weighted by Crippen LogP contribution is 2.29. The third-order valence-electron chi connectivity index (χ3n) is 3.05. The summed E-state index contributed by atoms with van der Waals surface area (Å²) < 4.78 is 0. The largest absolute Gasteiger partial charge is 0.339 e. The molecule has 4 heteroatoms. The standard InChI is InChI=1S/C14H9N3S/c1-2-10-11-8-9(14-16-6-7-18-14)3-4-12(11)17-13(10)15-5-1/h1-8H,(H,15,17). The van der Waals surface area contributed by atoms with E-state index in [1.807, 2.05) is 17.6 Å². The number of aromatic amines is 1. The highest BCUT2D eigenvalue weighted by Gasteiger charge is 2.07. The van der Waals surface area contributed by atoms with E-state index in [-0.39, 0.29) is 0 Å². The lowest BCUT2D eigenvalue weighted by Gasteiger charge is -1.96. The first-order valence-corrected chi connectivity index (χ1v) is 6.56. The fourth-order valence-electron chi connectivity index (χ4n) is 2.22. The summed E-state index contributed by atoms with van der Waals surface area (Å²) in [7, 11) is 0. The summed E-state index contributed by atoms with van der Waals surface area (Å²) in [6.45, 7) is 0. The van der Waals surface area contributed by atoms with Crippen LogP contribution in [0.5, 0.6) is 0 Å². The lowest BCUT2D eigenvalue weighted by Crippen LogP contribution is -1.75. The first kappa shape index (κ1) is 9.79. The van der Waals surface area contributed by atoms with E-state index in [9.17, 15) is 0 Å². The van der Waals surface area contributed by atoms with Crippen LogP contribution < -0.4 is 0 Å². The van der Waals surface area contributed by atoms with E-state index >= 15 is 0 Å². The average Bonchev–Trinajstić information content (AvgIpc) is 3.05. The van der Waals surface area contributed by atoms with Crippen molar-refractivity contribution in [2.75, 3.05) is 0 Å². The van der Waals surface area contributed by atoms with Crippen LogP contribution in [0.2, 0.25) is 0 Å². The summed E-state index contributed by atoms with van der Waals surface area (Å²) in [6, 6.07) is 10.4. The van der Waals surface area contributed by atoms with E-state index in [1.54, 1.807) is 17.5 Å². The van der Waals surface area contributed by atoms with Crippen molar-refractivity contribution >= 4 is 33.3 Å². The maximum Gasteiger partial charge on any atom is 0.138 e. The van der Waals surface area contributed by atoms with E-state index in [2.05, 4.69) is 39.2 Å². The molecule has 0 radical (unpaired) electrons. The second-order valence-corrected chi connectivity index (χ2v) is 5.02. The molecular weight excluding hydrogens is 242 g/mol. The lowest BCUT2D eigenvalue weighted by atomic mass is 10.1. The fraction of sp³-hybridized carbons (Fsp3) is 0. The van der Waals surface area contributed by atoms with Gasteiger partial charge in [0.2, 0.25) is 0 Å². The molecule has 3 nitrogen and oxygen atoms in total. The molecule has 0 aliphatic rings. The van der Waals surface area contributed by atoms with Crippen LogP contribution in [0.1, 0.15) is 0 Å². The molecule has 18 heavy (non-hydrogen) atoms. The van der Waals surface area contributed by atoms with Gasteiger partial charge in [-0.05, 0) is 30.3 Å². The smallest absolute Gasteiger partial charge is 0.138 e. The van der Waals surface area contributed by atoms with Gasteiger partial charge in [-0.2, -0.15) is 0 Å². The Morgan fingerprint density at radius 1 is 1.00 bits per heavy atom. The maximum atomic E-state index is 4.35. The van der Waals surface area contributed by atoms with Crippen LogP contribution in [-0.2, 0) is 0 Å². The van der Waals surface area contributed by atoms with Gasteiger partial charge in [0.15, 0.2) is 0 Å². The molecule has 0 bridgehead atoms. The molecule has 0 saturated heterocycles. The third kappa shape index (κ3) is 1.36. The molecule has 1 aromatic carbocycles. The minimum absolute atomic E-state index is 0.934. The summed E-state index contributed by atoms with van der Waals surface area (Å²) in [6.07, 6.45) is 3.64. The number of aromatic nitrogens is 3. The van der Waals surface area contributed by atoms with E-state index in [4.69, 9.17) is 0 Å². The monoisotopic (exact) mass is 251 g/mol. The number of benzene rings is 1. The Labute approximate surface area is 107 Å². The van der Waals surface area contributed by atoms with Crippen LogP contribution in [0.25, 0.3) is 32.5 Å². The highest BCUT2D eigenvalue weighted by molar-refractivity contribution is 7.13. The van der Waals surface area contributed by atoms with Crippen molar-refractivity contribution in [1.82, 2.24) is 15.0 Å². The number of H-pyrrole nitrogens is 1. The van der Waals surface area contributed by atoms with Crippen molar-refractivity contribution in [2.45, 2.75) is 0 Å². The molecule has 0 spiro atoms. The number of rotatable bonds is 1. The molecule has 0 amide bonds. The van der Waals surface area contributed by atoms with Crippen molar-refractivity contribution in [1.29, 1.82) is 0 Å². The Morgan fingerprint density at radius 3 is 2.89 bits per heavy atom. The number of thiazole rings is 1. The zero-order valence-electron chi connectivity index (χ0n) is 9.42. The number of nitrogens with zero attached hydrogens (tertiary/aromatic N) is 2. The Kier molecular flexibility index (Phi) is 1.98. The Hall–Kier alpha value is -2.20. The predicted octanol–water partition coefficient (Wildman–Crippen LogP) is 3.84. The number of hydrogen-bond acceptors (Lipinski definition) is 3. The van der Waals surface area contributed by atoms with Gasteiger partial charge in [0.25, 0.3) is 0 Å². The molecular formula is C14H9N3S. The second kappa shape index (κ2) is 3.65. The SMILES string of the molecule is c1cnc2[nH]c3ccc(-c4nccs4)cc3c2c1. The van der Waals surface area contributed by atoms with Gasteiger partial charge in [0.1, 0.15) is 10.7 Å². The summed E-state index contributed by atoms with van der Waals surface area (Å²) in [5.74, 6) is 0. The van der Waals surface area contributed by atoms with Crippen LogP contribution in [0.3, 0.4) is 0 Å². The first-order chi connectivity index (χ1) is 8.92. The molecule has 3 aromatic heterocycles. The van der Waals surface area contributed by atoms with Crippen LogP contribution in [-0.4, -0.2) is 15.0 Å². The quantitative estimate of drug-likeness (QED) is 0.558. The fourth-order valence-corrected chi connectivity index (χ4v) is 2.86. The summed E-state index contributed by atoms with van der Waals surface area (Å²) in [5.41, 5.74) is 3.20. The third-order valence-corrected chi connectivity index (χ3v) is 3.87. The summed E-state index contributed by atoms with van der Waals surface area (Å²) in [4.78, 5) is 12.0. The van der Waals surface area contributed by atoms with Crippen molar-refractivity contribution in [3.63, 3.8) is 0 Å². The minimum atomic E-state index is 0.934. The molecule has 1 N–H and O–H groups in total. The van der Waals surface area contributed by atoms with E-state index in [0.29, 0.717) is 0 Å². The average molecular weight is 251 g/mol. The van der Waals surface area contributed by atoms with Gasteiger partial charge in [-0.1, -0.05) is 0 Å². The van der Waals surface area contributed by atoms with Gasteiger partial charge in [-0.3, -0.25) is 0 Å². The molecule has 0 saturated carbocycles. The molecule has 0 unspecified atom stereocenters. The zero-order valence-corrected chi connectivity index (χ0v) is 10.2. The second-order valence-electron chi connectivity index (χ2n) is 4.12. The number of fused-ring (bicyclic) bond motifs is 3. The topological polar surface area (TPSA) is 41.6 Å². The number of hydrogen-bond donors (Lipinski definition) is 1. The van der Waals surface area contributed by atoms with Gasteiger partial charge < -0.3 is 4.98 Å².